The lowest BCUT2D eigenvalue weighted by Crippen LogP contribution is -2.16. The second-order valence-electron chi connectivity index (χ2n) is 8.49. The molecule has 0 saturated heterocycles. The zero-order chi connectivity index (χ0) is 32.1. The molecule has 252 valence electrons. The van der Waals surface area contributed by atoms with Gasteiger partial charge in [0, 0.05) is 12.6 Å². The van der Waals surface area contributed by atoms with Crippen LogP contribution in [0.5, 0.6) is 0 Å². The van der Waals surface area contributed by atoms with Gasteiger partial charge in [0.15, 0.2) is 0 Å². The summed E-state index contributed by atoms with van der Waals surface area (Å²) in [6, 6.07) is 3.41. The number of benzene rings is 1. The van der Waals surface area contributed by atoms with Gasteiger partial charge in [0.1, 0.15) is 12.3 Å². The highest BCUT2D eigenvalue weighted by Gasteiger charge is 2.19. The molecule has 2 N–H and O–H groups in total. The van der Waals surface area contributed by atoms with E-state index >= 15 is 0 Å². The zero-order valence-electron chi connectivity index (χ0n) is 24.7. The Morgan fingerprint density at radius 2 is 0.955 bits per heavy atom. The number of hydrogen-bond donors (Lipinski definition) is 2. The molecule has 18 heteroatoms. The molecule has 0 heterocycles. The van der Waals surface area contributed by atoms with E-state index in [1.165, 1.54) is 12.1 Å². The largest absolute Gasteiger partial charge is 0.480 e. The fourth-order valence-corrected chi connectivity index (χ4v) is 3.11. The minimum atomic E-state index is -1.01. The summed E-state index contributed by atoms with van der Waals surface area (Å²) in [7, 11) is 0. The van der Waals surface area contributed by atoms with Crippen molar-refractivity contribution in [3.05, 3.63) is 38.4 Å². The number of aliphatic carboxylic acids is 1. The van der Waals surface area contributed by atoms with Crippen molar-refractivity contribution in [2.45, 2.75) is 0 Å². The van der Waals surface area contributed by atoms with Crippen LogP contribution in [-0.2, 0) is 47.4 Å². The Morgan fingerprint density at radius 1 is 0.591 bits per heavy atom. The molecule has 0 aliphatic rings. The number of hydrogen-bond acceptors (Lipinski definition) is 15. The fourth-order valence-electron chi connectivity index (χ4n) is 3.11. The fraction of sp³-hybridized carbons (Fsp3) is 0.731. The number of anilines is 1. The summed E-state index contributed by atoms with van der Waals surface area (Å²) in [4.78, 5) is 30.8. The topological polar surface area (TPSA) is 219 Å². The molecule has 0 amide bonds. The third-order valence-corrected chi connectivity index (χ3v) is 5.15. The molecule has 0 aliphatic carbocycles. The van der Waals surface area contributed by atoms with E-state index in [1.807, 2.05) is 0 Å². The quantitative estimate of drug-likeness (QED) is 0.0643. The second kappa shape index (κ2) is 27.5. The monoisotopic (exact) mass is 637 g/mol. The molecule has 1 aromatic carbocycles. The van der Waals surface area contributed by atoms with E-state index in [2.05, 4.69) is 5.32 Å². The van der Waals surface area contributed by atoms with Crippen molar-refractivity contribution in [2.24, 2.45) is 0 Å². The van der Waals surface area contributed by atoms with Gasteiger partial charge in [0.05, 0.1) is 128 Å². The van der Waals surface area contributed by atoms with Crippen LogP contribution in [0.2, 0.25) is 0 Å². The summed E-state index contributed by atoms with van der Waals surface area (Å²) in [5.41, 5.74) is -0.543. The third-order valence-electron chi connectivity index (χ3n) is 5.15. The van der Waals surface area contributed by atoms with Crippen LogP contribution in [0.1, 0.15) is 0 Å². The van der Waals surface area contributed by atoms with Gasteiger partial charge in [-0.1, -0.05) is 0 Å². The number of carboxylic acids is 1. The summed E-state index contributed by atoms with van der Waals surface area (Å²) < 4.78 is 47.8. The molecule has 0 saturated carbocycles. The zero-order valence-corrected chi connectivity index (χ0v) is 24.7. The molecular weight excluding hydrogens is 594 g/mol. The van der Waals surface area contributed by atoms with Crippen LogP contribution in [0.15, 0.2) is 18.2 Å². The van der Waals surface area contributed by atoms with Crippen LogP contribution >= 0.6 is 0 Å². The van der Waals surface area contributed by atoms with E-state index in [4.69, 9.17) is 47.7 Å². The summed E-state index contributed by atoms with van der Waals surface area (Å²) >= 11 is 0. The maximum Gasteiger partial charge on any atom is 0.329 e. The first kappa shape index (κ1) is 39.0. The van der Waals surface area contributed by atoms with Crippen LogP contribution in [0.25, 0.3) is 0 Å². The van der Waals surface area contributed by atoms with Crippen LogP contribution in [0, 0.1) is 20.2 Å². The Morgan fingerprint density at radius 3 is 1.30 bits per heavy atom. The number of nitrogens with one attached hydrogen (secondary N) is 1. The minimum absolute atomic E-state index is 0.179. The Hall–Kier alpha value is -3.07. The Kier molecular flexibility index (Phi) is 24.3. The summed E-state index contributed by atoms with van der Waals surface area (Å²) in [5.74, 6) is -1.01. The van der Waals surface area contributed by atoms with Gasteiger partial charge in [-0.2, -0.15) is 0 Å². The van der Waals surface area contributed by atoms with Gasteiger partial charge >= 0.3 is 5.97 Å². The lowest BCUT2D eigenvalue weighted by Gasteiger charge is -2.09. The highest BCUT2D eigenvalue weighted by atomic mass is 16.6. The van der Waals surface area contributed by atoms with E-state index in [-0.39, 0.29) is 43.4 Å². The molecule has 0 bridgehead atoms. The summed E-state index contributed by atoms with van der Waals surface area (Å²) in [6.07, 6.45) is 0. The Bertz CT molecular complexity index is 909. The van der Waals surface area contributed by atoms with Gasteiger partial charge < -0.3 is 53.1 Å². The highest BCUT2D eigenvalue weighted by Crippen LogP contribution is 2.28. The molecule has 1 aromatic rings. The second-order valence-corrected chi connectivity index (χ2v) is 8.49. The standard InChI is InChI=1S/C26H43N3O15/c30-26(31)22-44-20-19-43-18-17-42-16-15-41-14-13-40-12-11-39-10-9-38-8-7-37-6-5-36-4-3-27-24-2-1-23(28(32)33)21-25(24)29(34)35/h1-2,21,27H,3-20,22H2,(H,30,31). The number of rotatable bonds is 32. The van der Waals surface area contributed by atoms with Crippen LogP contribution < -0.4 is 5.32 Å². The maximum atomic E-state index is 11.1. The van der Waals surface area contributed by atoms with Gasteiger partial charge in [-0.05, 0) is 6.07 Å². The van der Waals surface area contributed by atoms with Crippen molar-refractivity contribution in [1.82, 2.24) is 0 Å². The number of nitro groups is 2. The number of carboxylic acid groups (broad SMARTS) is 1. The molecular formula is C26H43N3O15. The number of nitrogens with zero attached hydrogens (tertiary/aromatic N) is 2. The van der Waals surface area contributed by atoms with Crippen molar-refractivity contribution in [1.29, 1.82) is 0 Å². The van der Waals surface area contributed by atoms with Crippen LogP contribution in [0.4, 0.5) is 17.1 Å². The van der Waals surface area contributed by atoms with E-state index in [9.17, 15) is 25.0 Å². The lowest BCUT2D eigenvalue weighted by atomic mass is 10.2. The molecule has 0 fully saturated rings. The predicted molar refractivity (Wildman–Crippen MR) is 153 cm³/mol. The smallest absolute Gasteiger partial charge is 0.329 e. The molecule has 0 aromatic heterocycles. The van der Waals surface area contributed by atoms with Crippen LogP contribution in [-0.4, -0.2) is 146 Å². The third kappa shape index (κ3) is 22.5. The molecule has 0 spiro atoms. The number of carbonyl (C=O) groups is 1. The predicted octanol–water partition coefficient (Wildman–Crippen LogP) is 1.15. The lowest BCUT2D eigenvalue weighted by molar-refractivity contribution is -0.393. The van der Waals surface area contributed by atoms with E-state index in [0.717, 1.165) is 6.07 Å². The summed E-state index contributed by atoms with van der Waals surface area (Å²) in [5, 5.41) is 33.1. The SMILES string of the molecule is O=C(O)COCCOCCOCCOCCOCCOCCOCCOCCOCCNc1ccc([N+](=O)[O-])cc1[N+](=O)[O-]. The van der Waals surface area contributed by atoms with Crippen molar-refractivity contribution in [3.63, 3.8) is 0 Å². The summed E-state index contributed by atoms with van der Waals surface area (Å²) in [6.45, 7) is 6.54. The van der Waals surface area contributed by atoms with Crippen molar-refractivity contribution >= 4 is 23.0 Å². The van der Waals surface area contributed by atoms with Crippen LogP contribution in [0.3, 0.4) is 0 Å². The minimum Gasteiger partial charge on any atom is -0.480 e. The molecule has 44 heavy (non-hydrogen) atoms. The van der Waals surface area contributed by atoms with Gasteiger partial charge in [0.2, 0.25) is 0 Å². The number of non-ortho nitro benzene ring substituents is 1. The molecule has 18 nitrogen and oxygen atoms in total. The average molecular weight is 638 g/mol. The molecule has 0 aliphatic heterocycles. The van der Waals surface area contributed by atoms with E-state index in [0.29, 0.717) is 99.1 Å². The molecule has 0 radical (unpaired) electrons. The van der Waals surface area contributed by atoms with Gasteiger partial charge in [-0.15, -0.1) is 0 Å². The maximum absolute atomic E-state index is 11.1. The first-order chi connectivity index (χ1) is 21.4. The van der Waals surface area contributed by atoms with Crippen molar-refractivity contribution in [2.75, 3.05) is 131 Å². The normalized spacial score (nSPS) is 11.1. The van der Waals surface area contributed by atoms with Gasteiger partial charge in [-0.25, -0.2) is 4.79 Å². The first-order valence-electron chi connectivity index (χ1n) is 14.0. The molecule has 0 atom stereocenters. The molecule has 0 unspecified atom stereocenters. The number of ether oxygens (including phenoxy) is 9. The van der Waals surface area contributed by atoms with E-state index in [1.54, 1.807) is 0 Å². The Balaban J connectivity index is 1.76. The van der Waals surface area contributed by atoms with Crippen molar-refractivity contribution < 1.29 is 62.4 Å². The average Bonchev–Trinajstić information content (AvgIpc) is 3.00. The van der Waals surface area contributed by atoms with Crippen molar-refractivity contribution in [3.8, 4) is 0 Å². The van der Waals surface area contributed by atoms with Gasteiger partial charge in [0.25, 0.3) is 11.4 Å². The van der Waals surface area contributed by atoms with E-state index < -0.39 is 15.8 Å². The highest BCUT2D eigenvalue weighted by molar-refractivity contribution is 5.68. The number of nitro benzene ring substituents is 2. The first-order valence-corrected chi connectivity index (χ1v) is 14.0. The Labute approximate surface area is 255 Å². The molecule has 1 rings (SSSR count). The van der Waals surface area contributed by atoms with Gasteiger partial charge in [-0.3, -0.25) is 20.2 Å².